The van der Waals surface area contributed by atoms with Crippen molar-refractivity contribution in [3.8, 4) is 5.75 Å². The van der Waals surface area contributed by atoms with Crippen LogP contribution in [-0.2, 0) is 0 Å². The van der Waals surface area contributed by atoms with Crippen molar-refractivity contribution in [3.05, 3.63) is 64.2 Å². The molecule has 1 aromatic heterocycles. The van der Waals surface area contributed by atoms with E-state index < -0.39 is 5.91 Å². The van der Waals surface area contributed by atoms with Gasteiger partial charge in [0.15, 0.2) is 11.3 Å². The molecule has 6 heteroatoms. The Morgan fingerprint density at radius 1 is 1.25 bits per heavy atom. The Kier molecular flexibility index (Phi) is 4.27. The van der Waals surface area contributed by atoms with Crippen molar-refractivity contribution in [2.24, 2.45) is 10.7 Å². The molecule has 0 unspecified atom stereocenters. The number of primary amides is 1. The summed E-state index contributed by atoms with van der Waals surface area (Å²) in [6.45, 7) is 1.93. The normalized spacial score (nSPS) is 11.7. The average Bonchev–Trinajstić information content (AvgIpc) is 2.56. The van der Waals surface area contributed by atoms with Crippen LogP contribution in [0.2, 0.25) is 5.02 Å². The highest BCUT2D eigenvalue weighted by atomic mass is 35.5. The predicted octanol–water partition coefficient (Wildman–Crippen LogP) is 3.73. The Bertz CT molecular complexity index is 1010. The fourth-order valence-corrected chi connectivity index (χ4v) is 2.63. The number of rotatable bonds is 3. The number of halogens is 1. The molecule has 0 saturated heterocycles. The van der Waals surface area contributed by atoms with Crippen LogP contribution in [0, 0.1) is 6.92 Å². The molecule has 24 heavy (non-hydrogen) atoms. The van der Waals surface area contributed by atoms with Crippen LogP contribution in [0.4, 0.5) is 5.69 Å². The van der Waals surface area contributed by atoms with Gasteiger partial charge in [-0.25, -0.2) is 4.99 Å². The van der Waals surface area contributed by atoms with Crippen molar-refractivity contribution in [1.29, 1.82) is 0 Å². The molecule has 0 aliphatic carbocycles. The van der Waals surface area contributed by atoms with Gasteiger partial charge in [-0.1, -0.05) is 29.8 Å². The molecule has 0 fully saturated rings. The summed E-state index contributed by atoms with van der Waals surface area (Å²) in [7, 11) is 1.54. The van der Waals surface area contributed by atoms with Gasteiger partial charge in [0, 0.05) is 5.39 Å². The first-order chi connectivity index (χ1) is 11.5. The van der Waals surface area contributed by atoms with Crippen LogP contribution in [0.25, 0.3) is 11.0 Å². The van der Waals surface area contributed by atoms with Gasteiger partial charge in [0.05, 0.1) is 17.8 Å². The third kappa shape index (κ3) is 2.98. The maximum atomic E-state index is 11.8. The third-order valence-electron chi connectivity index (χ3n) is 3.55. The Balaban J connectivity index is 2.34. The number of amides is 1. The second-order valence-corrected chi connectivity index (χ2v) is 5.68. The van der Waals surface area contributed by atoms with Crippen LogP contribution in [0.5, 0.6) is 5.75 Å². The maximum absolute atomic E-state index is 11.8. The van der Waals surface area contributed by atoms with Crippen LogP contribution in [0.3, 0.4) is 0 Å². The minimum Gasteiger partial charge on any atom is -0.493 e. The molecule has 0 saturated carbocycles. The smallest absolute Gasteiger partial charge is 0.254 e. The summed E-state index contributed by atoms with van der Waals surface area (Å²) in [5, 5.41) is 1.15. The van der Waals surface area contributed by atoms with Gasteiger partial charge >= 0.3 is 0 Å². The summed E-state index contributed by atoms with van der Waals surface area (Å²) in [4.78, 5) is 16.2. The minimum atomic E-state index is -0.634. The summed E-state index contributed by atoms with van der Waals surface area (Å²) in [6.07, 6.45) is 0. The predicted molar refractivity (Wildman–Crippen MR) is 92.7 cm³/mol. The van der Waals surface area contributed by atoms with Gasteiger partial charge in [0.2, 0.25) is 5.55 Å². The molecule has 3 aromatic rings. The lowest BCUT2D eigenvalue weighted by molar-refractivity contribution is 0.0996. The highest BCUT2D eigenvalue weighted by molar-refractivity contribution is 6.33. The standard InChI is InChI=1S/C18H15ClN2O3/c1-10-6-7-14(13(19)8-10)21-18-12(17(20)22)9-11-4-3-5-15(23-2)16(11)24-18/h3-9H,1-2H3,(H2,20,22). The number of nitrogens with two attached hydrogens (primary N) is 1. The highest BCUT2D eigenvalue weighted by Gasteiger charge is 2.12. The number of aryl methyl sites for hydroxylation is 1. The van der Waals surface area contributed by atoms with Crippen LogP contribution in [0.15, 0.2) is 51.9 Å². The largest absolute Gasteiger partial charge is 0.493 e. The summed E-state index contributed by atoms with van der Waals surface area (Å²) < 4.78 is 11.1. The molecule has 1 amide bonds. The fraction of sp³-hybridized carbons (Fsp3) is 0.111. The van der Waals surface area contributed by atoms with Crippen molar-refractivity contribution in [3.63, 3.8) is 0 Å². The fourth-order valence-electron chi connectivity index (χ4n) is 2.36. The lowest BCUT2D eigenvalue weighted by Crippen LogP contribution is -2.21. The molecule has 0 spiro atoms. The number of carbonyl (C=O) groups excluding carboxylic acids is 1. The van der Waals surface area contributed by atoms with E-state index in [2.05, 4.69) is 4.99 Å². The first kappa shape index (κ1) is 16.1. The van der Waals surface area contributed by atoms with E-state index in [0.717, 1.165) is 5.56 Å². The summed E-state index contributed by atoms with van der Waals surface area (Å²) >= 11 is 6.21. The van der Waals surface area contributed by atoms with E-state index >= 15 is 0 Å². The van der Waals surface area contributed by atoms with E-state index in [1.807, 2.05) is 13.0 Å². The van der Waals surface area contributed by atoms with Gasteiger partial charge in [0.1, 0.15) is 5.56 Å². The highest BCUT2D eigenvalue weighted by Crippen LogP contribution is 2.27. The van der Waals surface area contributed by atoms with E-state index in [9.17, 15) is 4.79 Å². The average molecular weight is 343 g/mol. The number of methoxy groups -OCH3 is 1. The van der Waals surface area contributed by atoms with Gasteiger partial charge in [0.25, 0.3) is 5.91 Å². The molecule has 0 radical (unpaired) electrons. The summed E-state index contributed by atoms with van der Waals surface area (Å²) in [5.41, 5.74) is 7.70. The number of benzene rings is 2. The van der Waals surface area contributed by atoms with E-state index in [1.165, 1.54) is 0 Å². The monoisotopic (exact) mass is 342 g/mol. The SMILES string of the molecule is COc1cccc2cc(C(N)=O)c(=Nc3ccc(C)cc3Cl)oc12. The summed E-state index contributed by atoms with van der Waals surface area (Å²) in [6, 6.07) is 12.4. The van der Waals surface area contributed by atoms with Crippen molar-refractivity contribution in [2.45, 2.75) is 6.92 Å². The zero-order chi connectivity index (χ0) is 17.3. The number of nitrogens with zero attached hydrogens (tertiary/aromatic N) is 1. The van der Waals surface area contributed by atoms with Gasteiger partial charge in [-0.05, 0) is 36.8 Å². The first-order valence-corrected chi connectivity index (χ1v) is 7.59. The lowest BCUT2D eigenvalue weighted by Gasteiger charge is -2.06. The van der Waals surface area contributed by atoms with E-state index in [1.54, 1.807) is 43.5 Å². The van der Waals surface area contributed by atoms with E-state index in [4.69, 9.17) is 26.5 Å². The first-order valence-electron chi connectivity index (χ1n) is 7.21. The van der Waals surface area contributed by atoms with E-state index in [-0.39, 0.29) is 11.1 Å². The molecule has 2 aromatic carbocycles. The maximum Gasteiger partial charge on any atom is 0.254 e. The van der Waals surface area contributed by atoms with Crippen LogP contribution >= 0.6 is 11.6 Å². The molecule has 5 nitrogen and oxygen atoms in total. The zero-order valence-corrected chi connectivity index (χ0v) is 13.9. The quantitative estimate of drug-likeness (QED) is 0.787. The van der Waals surface area contributed by atoms with Crippen molar-refractivity contribution in [1.82, 2.24) is 0 Å². The second kappa shape index (κ2) is 6.37. The number of fused-ring (bicyclic) bond motifs is 1. The van der Waals surface area contributed by atoms with Crippen molar-refractivity contribution < 1.29 is 13.9 Å². The van der Waals surface area contributed by atoms with Crippen LogP contribution < -0.4 is 16.0 Å². The molecule has 2 N–H and O–H groups in total. The molecule has 0 aliphatic heterocycles. The second-order valence-electron chi connectivity index (χ2n) is 5.27. The van der Waals surface area contributed by atoms with Gasteiger partial charge in [-0.3, -0.25) is 4.79 Å². The number of para-hydroxylation sites is 1. The number of carbonyl (C=O) groups is 1. The zero-order valence-electron chi connectivity index (χ0n) is 13.2. The van der Waals surface area contributed by atoms with Crippen molar-refractivity contribution in [2.75, 3.05) is 7.11 Å². The van der Waals surface area contributed by atoms with Crippen LogP contribution in [0.1, 0.15) is 15.9 Å². The minimum absolute atomic E-state index is 0.0882. The number of hydrogen-bond acceptors (Lipinski definition) is 4. The van der Waals surface area contributed by atoms with Gasteiger partial charge < -0.3 is 14.9 Å². The molecule has 0 bridgehead atoms. The Morgan fingerprint density at radius 3 is 2.71 bits per heavy atom. The van der Waals surface area contributed by atoms with Gasteiger partial charge in [-0.15, -0.1) is 0 Å². The van der Waals surface area contributed by atoms with E-state index in [0.29, 0.717) is 27.4 Å². The third-order valence-corrected chi connectivity index (χ3v) is 3.85. The van der Waals surface area contributed by atoms with Crippen molar-refractivity contribution >= 4 is 34.2 Å². The Hall–Kier alpha value is -2.79. The molecular formula is C18H15ClN2O3. The molecular weight excluding hydrogens is 328 g/mol. The van der Waals surface area contributed by atoms with Crippen LogP contribution in [-0.4, -0.2) is 13.0 Å². The number of ether oxygens (including phenoxy) is 1. The molecule has 1 heterocycles. The summed E-state index contributed by atoms with van der Waals surface area (Å²) in [5.74, 6) is -0.0968. The Labute approximate surface area is 143 Å². The lowest BCUT2D eigenvalue weighted by atomic mass is 10.1. The molecule has 0 aliphatic rings. The van der Waals surface area contributed by atoms with Gasteiger partial charge in [-0.2, -0.15) is 0 Å². The number of hydrogen-bond donors (Lipinski definition) is 1. The molecule has 3 rings (SSSR count). The molecule has 0 atom stereocenters. The topological polar surface area (TPSA) is 77.8 Å². The Morgan fingerprint density at radius 2 is 2.04 bits per heavy atom. The molecule has 122 valence electrons.